The molecule has 210 valence electrons. The topological polar surface area (TPSA) is 123 Å². The summed E-state index contributed by atoms with van der Waals surface area (Å²) in [5.41, 5.74) is -0.418. The second kappa shape index (κ2) is 13.1. The summed E-state index contributed by atoms with van der Waals surface area (Å²) >= 11 is 0. The lowest BCUT2D eigenvalue weighted by molar-refractivity contribution is -0.153. The number of ether oxygens (including phenoxy) is 3. The molecule has 1 heterocycles. The summed E-state index contributed by atoms with van der Waals surface area (Å²) in [4.78, 5) is 52.7. The molecule has 1 fully saturated rings. The van der Waals surface area contributed by atoms with Crippen molar-refractivity contribution in [2.24, 2.45) is 0 Å². The molecule has 0 spiro atoms. The van der Waals surface area contributed by atoms with Gasteiger partial charge in [-0.1, -0.05) is 60.7 Å². The normalized spacial score (nSPS) is 15.4. The Morgan fingerprint density at radius 3 is 2.10 bits per heavy atom. The van der Waals surface area contributed by atoms with Crippen molar-refractivity contribution in [1.29, 1.82) is 0 Å². The van der Waals surface area contributed by atoms with Gasteiger partial charge >= 0.3 is 18.2 Å². The SMILES string of the molecule is COC(=O)C1(NC(=O)CC(NC(=O)OCc2ccccc2)c2ccccc2)CCN(C(=O)OC(C)(C)C)CC1. The van der Waals surface area contributed by atoms with Crippen molar-refractivity contribution < 1.29 is 33.4 Å². The first-order chi connectivity index (χ1) is 18.5. The number of hydrogen-bond donors (Lipinski definition) is 2. The van der Waals surface area contributed by atoms with E-state index >= 15 is 0 Å². The van der Waals surface area contributed by atoms with E-state index in [1.807, 2.05) is 36.4 Å². The first-order valence-electron chi connectivity index (χ1n) is 12.9. The fraction of sp³-hybridized carbons (Fsp3) is 0.448. The van der Waals surface area contributed by atoms with Gasteiger partial charge in [-0.25, -0.2) is 14.4 Å². The van der Waals surface area contributed by atoms with Crippen molar-refractivity contribution in [3.8, 4) is 0 Å². The molecule has 0 radical (unpaired) electrons. The van der Waals surface area contributed by atoms with Gasteiger partial charge in [0, 0.05) is 13.1 Å². The average molecular weight is 540 g/mol. The average Bonchev–Trinajstić information content (AvgIpc) is 2.91. The van der Waals surface area contributed by atoms with Crippen LogP contribution in [0.3, 0.4) is 0 Å². The zero-order valence-corrected chi connectivity index (χ0v) is 22.9. The molecule has 2 aromatic carbocycles. The number of rotatable bonds is 8. The quantitative estimate of drug-likeness (QED) is 0.382. The van der Waals surface area contributed by atoms with E-state index in [1.54, 1.807) is 45.0 Å². The number of amides is 3. The van der Waals surface area contributed by atoms with Crippen LogP contribution in [0.2, 0.25) is 0 Å². The molecule has 3 rings (SSSR count). The van der Waals surface area contributed by atoms with Crippen LogP contribution in [0.15, 0.2) is 60.7 Å². The Bertz CT molecular complexity index is 1120. The van der Waals surface area contributed by atoms with Crippen LogP contribution in [0.5, 0.6) is 0 Å². The third-order valence-corrected chi connectivity index (χ3v) is 6.32. The van der Waals surface area contributed by atoms with Crippen LogP contribution in [0, 0.1) is 0 Å². The summed E-state index contributed by atoms with van der Waals surface area (Å²) in [6, 6.07) is 17.6. The Balaban J connectivity index is 1.67. The highest BCUT2D eigenvalue weighted by Crippen LogP contribution is 2.27. The van der Waals surface area contributed by atoms with Crippen LogP contribution in [0.25, 0.3) is 0 Å². The number of hydrogen-bond acceptors (Lipinski definition) is 7. The van der Waals surface area contributed by atoms with E-state index in [0.29, 0.717) is 5.56 Å². The molecule has 1 unspecified atom stereocenters. The molecular weight excluding hydrogens is 502 g/mol. The van der Waals surface area contributed by atoms with Gasteiger partial charge in [-0.05, 0) is 44.7 Å². The molecule has 1 saturated heterocycles. The summed E-state index contributed by atoms with van der Waals surface area (Å²) in [6.07, 6.45) is -0.970. The highest BCUT2D eigenvalue weighted by molar-refractivity contribution is 5.89. The molecule has 0 aliphatic carbocycles. The van der Waals surface area contributed by atoms with Gasteiger partial charge in [0.1, 0.15) is 17.7 Å². The minimum absolute atomic E-state index is 0.0833. The maximum atomic E-state index is 13.3. The van der Waals surface area contributed by atoms with Crippen LogP contribution in [-0.2, 0) is 30.4 Å². The second-order valence-corrected chi connectivity index (χ2v) is 10.5. The van der Waals surface area contributed by atoms with Gasteiger partial charge in [0.2, 0.25) is 5.91 Å². The number of esters is 1. The predicted molar refractivity (Wildman–Crippen MR) is 143 cm³/mol. The van der Waals surface area contributed by atoms with E-state index in [1.165, 1.54) is 12.0 Å². The van der Waals surface area contributed by atoms with Gasteiger partial charge in [0.15, 0.2) is 0 Å². The van der Waals surface area contributed by atoms with Crippen molar-refractivity contribution in [3.63, 3.8) is 0 Å². The van der Waals surface area contributed by atoms with Crippen molar-refractivity contribution in [2.45, 2.75) is 63.8 Å². The van der Waals surface area contributed by atoms with Gasteiger partial charge in [-0.2, -0.15) is 0 Å². The molecule has 1 aliphatic rings. The highest BCUT2D eigenvalue weighted by atomic mass is 16.6. The molecule has 0 saturated carbocycles. The van der Waals surface area contributed by atoms with Gasteiger partial charge in [-0.3, -0.25) is 4.79 Å². The van der Waals surface area contributed by atoms with Gasteiger partial charge < -0.3 is 29.7 Å². The largest absolute Gasteiger partial charge is 0.467 e. The number of methoxy groups -OCH3 is 1. The molecule has 10 heteroatoms. The number of benzene rings is 2. The number of likely N-dealkylation sites (tertiary alicyclic amines) is 1. The summed E-state index contributed by atoms with van der Waals surface area (Å²) in [6.45, 7) is 5.83. The van der Waals surface area contributed by atoms with Crippen LogP contribution in [0.4, 0.5) is 9.59 Å². The van der Waals surface area contributed by atoms with Gasteiger partial charge in [0.25, 0.3) is 0 Å². The molecule has 39 heavy (non-hydrogen) atoms. The minimum Gasteiger partial charge on any atom is -0.467 e. The maximum Gasteiger partial charge on any atom is 0.410 e. The second-order valence-electron chi connectivity index (χ2n) is 10.5. The Hall–Kier alpha value is -4.08. The summed E-state index contributed by atoms with van der Waals surface area (Å²) < 4.78 is 15.8. The summed E-state index contributed by atoms with van der Waals surface area (Å²) in [7, 11) is 1.26. The Kier molecular flexibility index (Phi) is 9.92. The summed E-state index contributed by atoms with van der Waals surface area (Å²) in [5.74, 6) is -1.05. The fourth-order valence-corrected chi connectivity index (χ4v) is 4.32. The van der Waals surface area contributed by atoms with E-state index in [-0.39, 0.29) is 39.0 Å². The van der Waals surface area contributed by atoms with Crippen molar-refractivity contribution in [3.05, 3.63) is 71.8 Å². The number of carbonyl (C=O) groups excluding carboxylic acids is 4. The fourth-order valence-electron chi connectivity index (χ4n) is 4.32. The molecule has 0 bridgehead atoms. The Morgan fingerprint density at radius 2 is 1.54 bits per heavy atom. The zero-order chi connectivity index (χ0) is 28.5. The van der Waals surface area contributed by atoms with E-state index in [0.717, 1.165) is 5.56 Å². The number of alkyl carbamates (subject to hydrolysis) is 1. The molecule has 2 N–H and O–H groups in total. The third-order valence-electron chi connectivity index (χ3n) is 6.32. The molecule has 10 nitrogen and oxygen atoms in total. The molecular formula is C29H37N3O7. The van der Waals surface area contributed by atoms with Crippen LogP contribution in [0.1, 0.15) is 57.2 Å². The minimum atomic E-state index is -1.31. The first-order valence-corrected chi connectivity index (χ1v) is 12.9. The van der Waals surface area contributed by atoms with Crippen LogP contribution >= 0.6 is 0 Å². The lowest BCUT2D eigenvalue weighted by atomic mass is 9.87. The lowest BCUT2D eigenvalue weighted by Gasteiger charge is -2.40. The number of carbonyl (C=O) groups is 4. The summed E-state index contributed by atoms with van der Waals surface area (Å²) in [5, 5.41) is 5.60. The molecule has 3 amide bonds. The number of piperidine rings is 1. The Morgan fingerprint density at radius 1 is 0.949 bits per heavy atom. The maximum absolute atomic E-state index is 13.3. The van der Waals surface area contributed by atoms with E-state index in [4.69, 9.17) is 14.2 Å². The lowest BCUT2D eigenvalue weighted by Crippen LogP contribution is -2.61. The number of nitrogens with zero attached hydrogens (tertiary/aromatic N) is 1. The van der Waals surface area contributed by atoms with Crippen LogP contribution in [-0.4, -0.2) is 60.3 Å². The van der Waals surface area contributed by atoms with Crippen molar-refractivity contribution in [1.82, 2.24) is 15.5 Å². The molecule has 1 aliphatic heterocycles. The molecule has 1 atom stereocenters. The number of nitrogens with one attached hydrogen (secondary N) is 2. The highest BCUT2D eigenvalue weighted by Gasteiger charge is 2.45. The third kappa shape index (κ3) is 8.73. The van der Waals surface area contributed by atoms with Crippen molar-refractivity contribution in [2.75, 3.05) is 20.2 Å². The molecule has 0 aromatic heterocycles. The van der Waals surface area contributed by atoms with E-state index in [9.17, 15) is 19.2 Å². The standard InChI is InChI=1S/C29H37N3O7/c1-28(2,3)39-27(36)32-17-15-29(16-18-32,25(34)37-4)31-24(33)19-23(22-13-9-6-10-14-22)30-26(35)38-20-21-11-7-5-8-12-21/h5-14,23H,15-20H2,1-4H3,(H,30,35)(H,31,33). The van der Waals surface area contributed by atoms with Crippen molar-refractivity contribution >= 4 is 24.1 Å². The molecule has 2 aromatic rings. The first kappa shape index (κ1) is 29.5. The smallest absolute Gasteiger partial charge is 0.410 e. The monoisotopic (exact) mass is 539 g/mol. The van der Waals surface area contributed by atoms with Gasteiger partial charge in [0.05, 0.1) is 19.6 Å². The van der Waals surface area contributed by atoms with E-state index in [2.05, 4.69) is 10.6 Å². The Labute approximate surface area is 229 Å². The zero-order valence-electron chi connectivity index (χ0n) is 22.9. The predicted octanol–water partition coefficient (Wildman–Crippen LogP) is 4.10. The van der Waals surface area contributed by atoms with E-state index < -0.39 is 41.2 Å². The van der Waals surface area contributed by atoms with Gasteiger partial charge in [-0.15, -0.1) is 0 Å². The van der Waals surface area contributed by atoms with Crippen LogP contribution < -0.4 is 10.6 Å².